The first-order valence-corrected chi connectivity index (χ1v) is 6.71. The lowest BCUT2D eigenvalue weighted by molar-refractivity contribution is -0.119. The molecule has 0 N–H and O–H groups in total. The van der Waals surface area contributed by atoms with Gasteiger partial charge in [-0.3, -0.25) is 0 Å². The van der Waals surface area contributed by atoms with E-state index in [0.717, 1.165) is 17.7 Å². The summed E-state index contributed by atoms with van der Waals surface area (Å²) in [7, 11) is 1.69. The molecule has 0 aliphatic carbocycles. The van der Waals surface area contributed by atoms with Crippen LogP contribution in [0.15, 0.2) is 12.1 Å². The van der Waals surface area contributed by atoms with E-state index in [4.69, 9.17) is 9.47 Å². The molecular formula is C16H22O3. The number of hydrogen-bond acceptors (Lipinski definition) is 3. The Morgan fingerprint density at radius 2 is 2.00 bits per heavy atom. The van der Waals surface area contributed by atoms with E-state index in [-0.39, 0.29) is 11.2 Å². The van der Waals surface area contributed by atoms with Gasteiger partial charge >= 0.3 is 0 Å². The minimum absolute atomic E-state index is 0.0206. The second-order valence-electron chi connectivity index (χ2n) is 5.61. The molecule has 1 saturated heterocycles. The lowest BCUT2D eigenvalue weighted by Crippen LogP contribution is -2.47. The smallest absolute Gasteiger partial charge is 0.129 e. The fraction of sp³-hybridized carbons (Fsp3) is 0.562. The summed E-state index contributed by atoms with van der Waals surface area (Å²) in [6.07, 6.45) is 1.49. The van der Waals surface area contributed by atoms with Gasteiger partial charge in [-0.25, -0.2) is 0 Å². The molecule has 1 aliphatic rings. The van der Waals surface area contributed by atoms with Crippen molar-refractivity contribution in [2.24, 2.45) is 0 Å². The quantitative estimate of drug-likeness (QED) is 0.818. The summed E-state index contributed by atoms with van der Waals surface area (Å²) in [6, 6.07) is 4.27. The van der Waals surface area contributed by atoms with Gasteiger partial charge in [-0.2, -0.15) is 0 Å². The molecule has 1 fully saturated rings. The minimum Gasteiger partial charge on any atom is -0.496 e. The monoisotopic (exact) mass is 262 g/mol. The molecule has 1 aromatic rings. The van der Waals surface area contributed by atoms with E-state index >= 15 is 0 Å². The topological polar surface area (TPSA) is 35.5 Å². The number of carbonyl (C=O) groups excluding carboxylic acids is 1. The maximum atomic E-state index is 11.3. The lowest BCUT2D eigenvalue weighted by atomic mass is 9.72. The Labute approximate surface area is 114 Å². The molecule has 19 heavy (non-hydrogen) atoms. The zero-order chi connectivity index (χ0) is 14.0. The average molecular weight is 262 g/mol. The highest BCUT2D eigenvalue weighted by molar-refractivity contribution is 5.75. The zero-order valence-corrected chi connectivity index (χ0v) is 12.2. The molecule has 104 valence electrons. The zero-order valence-electron chi connectivity index (χ0n) is 12.2. The van der Waals surface area contributed by atoms with E-state index in [1.54, 1.807) is 14.0 Å². The van der Waals surface area contributed by atoms with E-state index in [1.165, 1.54) is 11.1 Å². The second kappa shape index (κ2) is 5.33. The highest BCUT2D eigenvalue weighted by atomic mass is 16.5. The molecule has 3 heteroatoms. The lowest BCUT2D eigenvalue weighted by Gasteiger charge is -2.43. The summed E-state index contributed by atoms with van der Waals surface area (Å²) in [4.78, 5) is 11.3. The van der Waals surface area contributed by atoms with Gasteiger partial charge in [-0.1, -0.05) is 6.07 Å². The van der Waals surface area contributed by atoms with Crippen LogP contribution in [-0.4, -0.2) is 26.1 Å². The molecule has 3 nitrogen and oxygen atoms in total. The number of aryl methyl sites for hydroxylation is 2. The summed E-state index contributed by atoms with van der Waals surface area (Å²) < 4.78 is 10.8. The number of ketones is 1. The normalized spacial score (nSPS) is 16.8. The van der Waals surface area contributed by atoms with E-state index in [0.29, 0.717) is 19.6 Å². The molecule has 0 amide bonds. The Balaban J connectivity index is 2.33. The molecule has 1 aromatic carbocycles. The fourth-order valence-corrected chi connectivity index (χ4v) is 2.78. The maximum Gasteiger partial charge on any atom is 0.129 e. The first kappa shape index (κ1) is 14.1. The largest absolute Gasteiger partial charge is 0.496 e. The summed E-state index contributed by atoms with van der Waals surface area (Å²) in [5, 5.41) is 0. The molecule has 2 rings (SSSR count). The molecule has 0 aromatic heterocycles. The van der Waals surface area contributed by atoms with Gasteiger partial charge in [0.1, 0.15) is 11.5 Å². The van der Waals surface area contributed by atoms with Crippen molar-refractivity contribution in [1.82, 2.24) is 0 Å². The van der Waals surface area contributed by atoms with Gasteiger partial charge in [-0.15, -0.1) is 0 Å². The van der Waals surface area contributed by atoms with Crippen molar-refractivity contribution in [1.29, 1.82) is 0 Å². The Hall–Kier alpha value is -1.35. The van der Waals surface area contributed by atoms with Crippen molar-refractivity contribution in [3.8, 4) is 5.75 Å². The number of ether oxygens (including phenoxy) is 2. The molecule has 1 aliphatic heterocycles. The molecule has 0 spiro atoms. The Bertz CT molecular complexity index is 487. The number of methoxy groups -OCH3 is 1. The minimum atomic E-state index is 0.0206. The Morgan fingerprint density at radius 1 is 1.32 bits per heavy atom. The van der Waals surface area contributed by atoms with Gasteiger partial charge in [0, 0.05) is 11.8 Å². The van der Waals surface area contributed by atoms with Crippen LogP contribution in [-0.2, 0) is 14.9 Å². The molecular weight excluding hydrogens is 240 g/mol. The van der Waals surface area contributed by atoms with Gasteiger partial charge in [0.05, 0.1) is 20.3 Å². The fourth-order valence-electron chi connectivity index (χ4n) is 2.78. The first-order chi connectivity index (χ1) is 8.98. The van der Waals surface area contributed by atoms with Gasteiger partial charge in [0.25, 0.3) is 0 Å². The van der Waals surface area contributed by atoms with Crippen LogP contribution in [0.4, 0.5) is 0 Å². The molecule has 0 saturated carbocycles. The highest BCUT2D eigenvalue weighted by Crippen LogP contribution is 2.40. The molecule has 0 atom stereocenters. The van der Waals surface area contributed by atoms with Crippen molar-refractivity contribution in [2.75, 3.05) is 20.3 Å². The number of rotatable bonds is 5. The first-order valence-electron chi connectivity index (χ1n) is 6.71. The molecule has 0 bridgehead atoms. The number of carbonyl (C=O) groups is 1. The number of hydrogen-bond donors (Lipinski definition) is 0. The van der Waals surface area contributed by atoms with E-state index in [2.05, 4.69) is 26.0 Å². The van der Waals surface area contributed by atoms with E-state index < -0.39 is 0 Å². The molecule has 0 unspecified atom stereocenters. The average Bonchev–Trinajstić information content (AvgIpc) is 2.31. The van der Waals surface area contributed by atoms with Gasteiger partial charge < -0.3 is 14.3 Å². The number of Topliss-reactive ketones (excluding diaryl/α,β-unsaturated/α-hetero) is 1. The second-order valence-corrected chi connectivity index (χ2v) is 5.61. The highest BCUT2D eigenvalue weighted by Gasteiger charge is 2.41. The standard InChI is InChI=1S/C16H22O3/c1-11-8-15(18-4)12(2)7-14(11)16(9-19-10-16)6-5-13(3)17/h7-8H,5-6,9-10H2,1-4H3. The van der Waals surface area contributed by atoms with E-state index in [1.807, 2.05) is 0 Å². The summed E-state index contributed by atoms with van der Waals surface area (Å²) in [6.45, 7) is 7.24. The van der Waals surface area contributed by atoms with Gasteiger partial charge in [0.2, 0.25) is 0 Å². The van der Waals surface area contributed by atoms with Crippen molar-refractivity contribution < 1.29 is 14.3 Å². The Kier molecular flexibility index (Phi) is 3.95. The maximum absolute atomic E-state index is 11.3. The van der Waals surface area contributed by atoms with Crippen LogP contribution in [0, 0.1) is 13.8 Å². The molecule has 0 radical (unpaired) electrons. The third kappa shape index (κ3) is 2.66. The van der Waals surface area contributed by atoms with E-state index in [9.17, 15) is 4.79 Å². The van der Waals surface area contributed by atoms with Crippen molar-refractivity contribution >= 4 is 5.78 Å². The van der Waals surface area contributed by atoms with Crippen LogP contribution in [0.3, 0.4) is 0 Å². The summed E-state index contributed by atoms with van der Waals surface area (Å²) >= 11 is 0. The van der Waals surface area contributed by atoms with Crippen LogP contribution >= 0.6 is 0 Å². The van der Waals surface area contributed by atoms with Crippen molar-refractivity contribution in [3.05, 3.63) is 28.8 Å². The van der Waals surface area contributed by atoms with Gasteiger partial charge in [-0.05, 0) is 49.9 Å². The molecule has 1 heterocycles. The SMILES string of the molecule is COc1cc(C)c(C2(CCC(C)=O)COC2)cc1C. The Morgan fingerprint density at radius 3 is 2.47 bits per heavy atom. The van der Waals surface area contributed by atoms with Crippen LogP contribution in [0.1, 0.15) is 36.5 Å². The summed E-state index contributed by atoms with van der Waals surface area (Å²) in [5.41, 5.74) is 3.68. The predicted molar refractivity (Wildman–Crippen MR) is 74.9 cm³/mol. The third-order valence-electron chi connectivity index (χ3n) is 4.03. The van der Waals surface area contributed by atoms with Crippen LogP contribution in [0.25, 0.3) is 0 Å². The predicted octanol–water partition coefficient (Wildman–Crippen LogP) is 2.95. The third-order valence-corrected chi connectivity index (χ3v) is 4.03. The number of benzene rings is 1. The van der Waals surface area contributed by atoms with Crippen molar-refractivity contribution in [2.45, 2.75) is 39.0 Å². The van der Waals surface area contributed by atoms with Crippen LogP contribution in [0.5, 0.6) is 5.75 Å². The van der Waals surface area contributed by atoms with Crippen molar-refractivity contribution in [3.63, 3.8) is 0 Å². The van der Waals surface area contributed by atoms with Gasteiger partial charge in [0.15, 0.2) is 0 Å². The summed E-state index contributed by atoms with van der Waals surface area (Å²) in [5.74, 6) is 1.16. The van der Waals surface area contributed by atoms with Crippen LogP contribution < -0.4 is 4.74 Å². The van der Waals surface area contributed by atoms with Crippen LogP contribution in [0.2, 0.25) is 0 Å².